The third kappa shape index (κ3) is 2.76. The van der Waals surface area contributed by atoms with Crippen molar-refractivity contribution in [1.29, 1.82) is 0 Å². The fourth-order valence-corrected chi connectivity index (χ4v) is 3.15. The van der Waals surface area contributed by atoms with Crippen molar-refractivity contribution in [2.75, 3.05) is 26.8 Å². The lowest BCUT2D eigenvalue weighted by Crippen LogP contribution is -2.31. The Morgan fingerprint density at radius 2 is 2.50 bits per heavy atom. The second-order valence-corrected chi connectivity index (χ2v) is 5.95. The third-order valence-electron chi connectivity index (χ3n) is 3.35. The Morgan fingerprint density at radius 1 is 1.60 bits per heavy atom. The summed E-state index contributed by atoms with van der Waals surface area (Å²) < 4.78 is 10.6. The molecule has 0 saturated carbocycles. The maximum absolute atomic E-state index is 12.3. The molecule has 0 spiro atoms. The smallest absolute Gasteiger partial charge is 0.265 e. The van der Waals surface area contributed by atoms with Crippen LogP contribution >= 0.6 is 11.3 Å². The van der Waals surface area contributed by atoms with Gasteiger partial charge >= 0.3 is 0 Å². The normalized spacial score (nSPS) is 18.4. The first-order valence-electron chi connectivity index (χ1n) is 6.57. The molecule has 20 heavy (non-hydrogen) atoms. The zero-order valence-electron chi connectivity index (χ0n) is 11.2. The summed E-state index contributed by atoms with van der Waals surface area (Å²) in [5.74, 6) is 1.15. The Labute approximate surface area is 121 Å². The van der Waals surface area contributed by atoms with Crippen LogP contribution < -0.4 is 0 Å². The van der Waals surface area contributed by atoms with Gasteiger partial charge in [-0.2, -0.15) is 0 Å². The van der Waals surface area contributed by atoms with Crippen LogP contribution in [0.15, 0.2) is 29.0 Å². The van der Waals surface area contributed by atoms with E-state index in [1.165, 1.54) is 11.3 Å². The van der Waals surface area contributed by atoms with E-state index in [9.17, 15) is 4.79 Å². The Kier molecular flexibility index (Phi) is 3.84. The third-order valence-corrected chi connectivity index (χ3v) is 4.35. The largest absolute Gasteiger partial charge is 0.462 e. The van der Waals surface area contributed by atoms with E-state index in [4.69, 9.17) is 9.15 Å². The number of carbonyl (C=O) groups excluding carboxylic acids is 1. The molecule has 5 nitrogen and oxygen atoms in total. The van der Waals surface area contributed by atoms with E-state index >= 15 is 0 Å². The van der Waals surface area contributed by atoms with Gasteiger partial charge in [-0.25, -0.2) is 4.98 Å². The van der Waals surface area contributed by atoms with Crippen molar-refractivity contribution in [3.8, 4) is 10.8 Å². The molecule has 1 atom stereocenters. The Balaban J connectivity index is 1.67. The minimum absolute atomic E-state index is 0.00667. The molecule has 6 heteroatoms. The molecule has 1 fully saturated rings. The van der Waals surface area contributed by atoms with Gasteiger partial charge in [0.05, 0.1) is 19.1 Å². The molecule has 1 saturated heterocycles. The van der Waals surface area contributed by atoms with E-state index < -0.39 is 0 Å². The van der Waals surface area contributed by atoms with Gasteiger partial charge in [-0.15, -0.1) is 11.3 Å². The number of hydrogen-bond acceptors (Lipinski definition) is 5. The highest BCUT2D eigenvalue weighted by Gasteiger charge is 2.22. The average molecular weight is 292 g/mol. The molecule has 0 bridgehead atoms. The van der Waals surface area contributed by atoms with E-state index in [0.29, 0.717) is 16.6 Å². The van der Waals surface area contributed by atoms with Crippen molar-refractivity contribution >= 4 is 17.2 Å². The SMILES string of the molecule is CN(CC1CCOC1)C(=O)c1cnc(-c2ccco2)s1. The first-order valence-corrected chi connectivity index (χ1v) is 7.38. The van der Waals surface area contributed by atoms with E-state index in [-0.39, 0.29) is 5.91 Å². The van der Waals surface area contributed by atoms with Gasteiger partial charge in [0.2, 0.25) is 0 Å². The predicted octanol–water partition coefficient (Wildman–Crippen LogP) is 2.51. The highest BCUT2D eigenvalue weighted by atomic mass is 32.1. The zero-order chi connectivity index (χ0) is 13.9. The van der Waals surface area contributed by atoms with Gasteiger partial charge in [0.15, 0.2) is 10.8 Å². The number of nitrogens with zero attached hydrogens (tertiary/aromatic N) is 2. The standard InChI is InChI=1S/C14H16N2O3S/c1-16(8-10-4-6-18-9-10)14(17)12-7-15-13(20-12)11-3-2-5-19-11/h2-3,5,7,10H,4,6,8-9H2,1H3. The van der Waals surface area contributed by atoms with Crippen molar-refractivity contribution in [3.05, 3.63) is 29.5 Å². The van der Waals surface area contributed by atoms with Gasteiger partial charge in [-0.05, 0) is 18.6 Å². The highest BCUT2D eigenvalue weighted by molar-refractivity contribution is 7.16. The van der Waals surface area contributed by atoms with Crippen LogP contribution in [-0.2, 0) is 4.74 Å². The summed E-state index contributed by atoms with van der Waals surface area (Å²) >= 11 is 1.36. The summed E-state index contributed by atoms with van der Waals surface area (Å²) in [6, 6.07) is 3.65. The quantitative estimate of drug-likeness (QED) is 0.869. The molecule has 1 aliphatic heterocycles. The van der Waals surface area contributed by atoms with E-state index in [2.05, 4.69) is 4.98 Å². The van der Waals surface area contributed by atoms with Crippen molar-refractivity contribution in [2.45, 2.75) is 6.42 Å². The van der Waals surface area contributed by atoms with Crippen LogP contribution in [0.3, 0.4) is 0 Å². The Bertz CT molecular complexity index is 573. The van der Waals surface area contributed by atoms with Crippen molar-refractivity contribution in [1.82, 2.24) is 9.88 Å². The summed E-state index contributed by atoms with van der Waals surface area (Å²) in [6.45, 7) is 2.28. The van der Waals surface area contributed by atoms with Crippen LogP contribution in [-0.4, -0.2) is 42.6 Å². The number of rotatable bonds is 4. The molecule has 0 aromatic carbocycles. The van der Waals surface area contributed by atoms with Gasteiger partial charge in [0.25, 0.3) is 5.91 Å². The summed E-state index contributed by atoms with van der Waals surface area (Å²) in [4.78, 5) is 19.0. The first kappa shape index (κ1) is 13.3. The molecule has 3 rings (SSSR count). The average Bonchev–Trinajstić information content (AvgIpc) is 3.18. The molecule has 2 aromatic heterocycles. The molecule has 0 N–H and O–H groups in total. The minimum atomic E-state index is 0.00667. The van der Waals surface area contributed by atoms with Crippen LogP contribution in [0.5, 0.6) is 0 Å². The van der Waals surface area contributed by atoms with Gasteiger partial charge in [-0.3, -0.25) is 4.79 Å². The van der Waals surface area contributed by atoms with E-state index in [1.54, 1.807) is 17.4 Å². The predicted molar refractivity (Wildman–Crippen MR) is 75.7 cm³/mol. The van der Waals surface area contributed by atoms with E-state index in [0.717, 1.165) is 31.2 Å². The van der Waals surface area contributed by atoms with Crippen molar-refractivity contribution in [2.24, 2.45) is 5.92 Å². The fourth-order valence-electron chi connectivity index (χ4n) is 2.27. The van der Waals surface area contributed by atoms with Crippen LogP contribution in [0, 0.1) is 5.92 Å². The number of thiazole rings is 1. The van der Waals surface area contributed by atoms with Gasteiger partial charge in [0.1, 0.15) is 4.88 Å². The van der Waals surface area contributed by atoms with Crippen molar-refractivity contribution in [3.63, 3.8) is 0 Å². The molecule has 0 aliphatic carbocycles. The van der Waals surface area contributed by atoms with Gasteiger partial charge in [-0.1, -0.05) is 0 Å². The minimum Gasteiger partial charge on any atom is -0.462 e. The summed E-state index contributed by atoms with van der Waals surface area (Å²) in [5, 5.41) is 0.732. The Morgan fingerprint density at radius 3 is 3.20 bits per heavy atom. The first-order chi connectivity index (χ1) is 9.74. The van der Waals surface area contributed by atoms with E-state index in [1.807, 2.05) is 19.2 Å². The molecular formula is C14H16N2O3S. The number of aromatic nitrogens is 1. The molecule has 1 unspecified atom stereocenters. The molecule has 106 valence electrons. The summed E-state index contributed by atoms with van der Waals surface area (Å²) in [7, 11) is 1.83. The second kappa shape index (κ2) is 5.76. The highest BCUT2D eigenvalue weighted by Crippen LogP contribution is 2.26. The van der Waals surface area contributed by atoms with Crippen molar-refractivity contribution < 1.29 is 13.9 Å². The van der Waals surface area contributed by atoms with Crippen LogP contribution in [0.1, 0.15) is 16.1 Å². The van der Waals surface area contributed by atoms with Gasteiger partial charge in [0, 0.05) is 26.1 Å². The lowest BCUT2D eigenvalue weighted by molar-refractivity contribution is 0.0770. The van der Waals surface area contributed by atoms with Crippen LogP contribution in [0.25, 0.3) is 10.8 Å². The van der Waals surface area contributed by atoms with Crippen LogP contribution in [0.4, 0.5) is 0 Å². The van der Waals surface area contributed by atoms with Crippen LogP contribution in [0.2, 0.25) is 0 Å². The molecule has 1 aliphatic rings. The number of amides is 1. The number of furan rings is 1. The zero-order valence-corrected chi connectivity index (χ0v) is 12.1. The molecular weight excluding hydrogens is 276 g/mol. The maximum atomic E-state index is 12.3. The lowest BCUT2D eigenvalue weighted by atomic mass is 10.1. The monoisotopic (exact) mass is 292 g/mol. The fraction of sp³-hybridized carbons (Fsp3) is 0.429. The maximum Gasteiger partial charge on any atom is 0.265 e. The number of ether oxygens (including phenoxy) is 1. The number of hydrogen-bond donors (Lipinski definition) is 0. The lowest BCUT2D eigenvalue weighted by Gasteiger charge is -2.19. The molecule has 1 amide bonds. The molecule has 3 heterocycles. The summed E-state index contributed by atoms with van der Waals surface area (Å²) in [6.07, 6.45) is 4.24. The second-order valence-electron chi connectivity index (χ2n) is 4.92. The Hall–Kier alpha value is -1.66. The van der Waals surface area contributed by atoms with Gasteiger partial charge < -0.3 is 14.1 Å². The molecule has 0 radical (unpaired) electrons. The topological polar surface area (TPSA) is 55.6 Å². The molecule has 2 aromatic rings. The number of carbonyl (C=O) groups is 1. The summed E-state index contributed by atoms with van der Waals surface area (Å²) in [5.41, 5.74) is 0.